The van der Waals surface area contributed by atoms with E-state index in [1.807, 2.05) is 12.1 Å². The Morgan fingerprint density at radius 2 is 2.00 bits per heavy atom. The standard InChI is InChI=1S/C12H20N2O/c1-2-3-7-15-8-6-10-4-5-11(13)9-12(10)14/h4-5,9H,2-3,6-8,13-14H2,1H3. The van der Waals surface area contributed by atoms with Crippen molar-refractivity contribution in [2.24, 2.45) is 0 Å². The first-order valence-corrected chi connectivity index (χ1v) is 5.45. The van der Waals surface area contributed by atoms with Gasteiger partial charge in [0.25, 0.3) is 0 Å². The van der Waals surface area contributed by atoms with Crippen molar-refractivity contribution in [3.63, 3.8) is 0 Å². The number of nitrogen functional groups attached to an aromatic ring is 2. The second-order valence-electron chi connectivity index (χ2n) is 3.67. The first kappa shape index (κ1) is 11.9. The second-order valence-corrected chi connectivity index (χ2v) is 3.67. The van der Waals surface area contributed by atoms with Gasteiger partial charge in [-0.15, -0.1) is 0 Å². The summed E-state index contributed by atoms with van der Waals surface area (Å²) < 4.78 is 5.48. The van der Waals surface area contributed by atoms with Crippen molar-refractivity contribution in [2.45, 2.75) is 26.2 Å². The molecule has 1 rings (SSSR count). The third-order valence-electron chi connectivity index (χ3n) is 2.33. The fourth-order valence-corrected chi connectivity index (χ4v) is 1.37. The van der Waals surface area contributed by atoms with Crippen molar-refractivity contribution >= 4 is 11.4 Å². The Labute approximate surface area is 91.4 Å². The first-order chi connectivity index (χ1) is 7.24. The van der Waals surface area contributed by atoms with Gasteiger partial charge in [0.15, 0.2) is 0 Å². The molecular weight excluding hydrogens is 188 g/mol. The van der Waals surface area contributed by atoms with Crippen LogP contribution in [-0.2, 0) is 11.2 Å². The number of hydrogen-bond donors (Lipinski definition) is 2. The fourth-order valence-electron chi connectivity index (χ4n) is 1.37. The molecule has 3 heteroatoms. The van der Waals surface area contributed by atoms with Crippen molar-refractivity contribution in [1.29, 1.82) is 0 Å². The summed E-state index contributed by atoms with van der Waals surface area (Å²) >= 11 is 0. The van der Waals surface area contributed by atoms with E-state index in [1.54, 1.807) is 6.07 Å². The first-order valence-electron chi connectivity index (χ1n) is 5.45. The minimum Gasteiger partial charge on any atom is -0.399 e. The molecule has 0 aliphatic carbocycles. The summed E-state index contributed by atoms with van der Waals surface area (Å²) in [6.07, 6.45) is 3.15. The predicted molar refractivity (Wildman–Crippen MR) is 64.7 cm³/mol. The van der Waals surface area contributed by atoms with Gasteiger partial charge < -0.3 is 16.2 Å². The molecule has 15 heavy (non-hydrogen) atoms. The summed E-state index contributed by atoms with van der Waals surface area (Å²) in [5.74, 6) is 0. The molecule has 4 N–H and O–H groups in total. The smallest absolute Gasteiger partial charge is 0.0507 e. The zero-order valence-corrected chi connectivity index (χ0v) is 9.33. The highest BCUT2D eigenvalue weighted by molar-refractivity contribution is 5.56. The maximum atomic E-state index is 5.83. The lowest BCUT2D eigenvalue weighted by Gasteiger charge is -2.07. The normalized spacial score (nSPS) is 10.5. The maximum absolute atomic E-state index is 5.83. The quantitative estimate of drug-likeness (QED) is 0.556. The van der Waals surface area contributed by atoms with E-state index in [9.17, 15) is 0 Å². The number of rotatable bonds is 6. The predicted octanol–water partition coefficient (Wildman–Crippen LogP) is 2.21. The number of benzene rings is 1. The van der Waals surface area contributed by atoms with Crippen LogP contribution in [0.5, 0.6) is 0 Å². The largest absolute Gasteiger partial charge is 0.399 e. The van der Waals surface area contributed by atoms with Crippen LogP contribution in [0.2, 0.25) is 0 Å². The summed E-state index contributed by atoms with van der Waals surface area (Å²) in [7, 11) is 0. The molecular formula is C12H20N2O. The molecule has 0 aliphatic heterocycles. The van der Waals surface area contributed by atoms with Gasteiger partial charge in [0.05, 0.1) is 6.61 Å². The van der Waals surface area contributed by atoms with Gasteiger partial charge >= 0.3 is 0 Å². The molecule has 0 fully saturated rings. The van der Waals surface area contributed by atoms with Gasteiger partial charge in [-0.3, -0.25) is 0 Å². The molecule has 0 saturated heterocycles. The zero-order valence-electron chi connectivity index (χ0n) is 9.33. The van der Waals surface area contributed by atoms with Crippen LogP contribution in [0, 0.1) is 0 Å². The van der Waals surface area contributed by atoms with E-state index < -0.39 is 0 Å². The highest BCUT2D eigenvalue weighted by atomic mass is 16.5. The fraction of sp³-hybridized carbons (Fsp3) is 0.500. The molecule has 0 unspecified atom stereocenters. The minimum atomic E-state index is 0.711. The van der Waals surface area contributed by atoms with Gasteiger partial charge in [-0.2, -0.15) is 0 Å². The van der Waals surface area contributed by atoms with Gasteiger partial charge in [0.2, 0.25) is 0 Å². The summed E-state index contributed by atoms with van der Waals surface area (Å²) in [5, 5.41) is 0. The van der Waals surface area contributed by atoms with Crippen LogP contribution < -0.4 is 11.5 Å². The van der Waals surface area contributed by atoms with Crippen LogP contribution >= 0.6 is 0 Å². The van der Waals surface area contributed by atoms with E-state index in [4.69, 9.17) is 16.2 Å². The lowest BCUT2D eigenvalue weighted by atomic mass is 10.1. The number of anilines is 2. The molecule has 0 saturated carbocycles. The average molecular weight is 208 g/mol. The van der Waals surface area contributed by atoms with Crippen LogP contribution in [-0.4, -0.2) is 13.2 Å². The van der Waals surface area contributed by atoms with Gasteiger partial charge in [-0.05, 0) is 30.5 Å². The van der Waals surface area contributed by atoms with E-state index in [1.165, 1.54) is 6.42 Å². The van der Waals surface area contributed by atoms with Crippen LogP contribution in [0.1, 0.15) is 25.3 Å². The highest BCUT2D eigenvalue weighted by Crippen LogP contribution is 2.16. The summed E-state index contributed by atoms with van der Waals surface area (Å²) in [6, 6.07) is 5.63. The third kappa shape index (κ3) is 4.21. The molecule has 0 aliphatic rings. The SMILES string of the molecule is CCCCOCCc1ccc(N)cc1N. The molecule has 0 amide bonds. The lowest BCUT2D eigenvalue weighted by Crippen LogP contribution is -2.03. The Morgan fingerprint density at radius 1 is 1.20 bits per heavy atom. The van der Waals surface area contributed by atoms with E-state index in [2.05, 4.69) is 6.92 Å². The molecule has 0 bridgehead atoms. The monoisotopic (exact) mass is 208 g/mol. The molecule has 0 aromatic heterocycles. The van der Waals surface area contributed by atoms with Crippen LogP contribution in [0.4, 0.5) is 11.4 Å². The van der Waals surface area contributed by atoms with E-state index in [0.29, 0.717) is 5.69 Å². The molecule has 0 heterocycles. The Hall–Kier alpha value is -1.22. The average Bonchev–Trinajstić information content (AvgIpc) is 2.20. The van der Waals surface area contributed by atoms with Gasteiger partial charge in [0.1, 0.15) is 0 Å². The zero-order chi connectivity index (χ0) is 11.1. The summed E-state index contributed by atoms with van der Waals surface area (Å²) in [4.78, 5) is 0. The van der Waals surface area contributed by atoms with Crippen molar-refractivity contribution in [3.05, 3.63) is 23.8 Å². The van der Waals surface area contributed by atoms with Crippen molar-refractivity contribution in [3.8, 4) is 0 Å². The molecule has 0 atom stereocenters. The van der Waals surface area contributed by atoms with Crippen molar-refractivity contribution in [1.82, 2.24) is 0 Å². The number of unbranched alkanes of at least 4 members (excludes halogenated alkanes) is 1. The molecule has 3 nitrogen and oxygen atoms in total. The molecule has 1 aromatic carbocycles. The molecule has 84 valence electrons. The lowest BCUT2D eigenvalue weighted by molar-refractivity contribution is 0.134. The highest BCUT2D eigenvalue weighted by Gasteiger charge is 1.99. The van der Waals surface area contributed by atoms with Crippen LogP contribution in [0.3, 0.4) is 0 Å². The third-order valence-corrected chi connectivity index (χ3v) is 2.33. The van der Waals surface area contributed by atoms with Gasteiger partial charge in [0, 0.05) is 18.0 Å². The topological polar surface area (TPSA) is 61.3 Å². The minimum absolute atomic E-state index is 0.711. The van der Waals surface area contributed by atoms with E-state index >= 15 is 0 Å². The van der Waals surface area contributed by atoms with Crippen molar-refractivity contribution in [2.75, 3.05) is 24.7 Å². The molecule has 1 aromatic rings. The van der Waals surface area contributed by atoms with E-state index in [-0.39, 0.29) is 0 Å². The number of nitrogens with two attached hydrogens (primary N) is 2. The molecule has 0 radical (unpaired) electrons. The van der Waals surface area contributed by atoms with E-state index in [0.717, 1.165) is 37.3 Å². The van der Waals surface area contributed by atoms with Crippen LogP contribution in [0.25, 0.3) is 0 Å². The van der Waals surface area contributed by atoms with Crippen LogP contribution in [0.15, 0.2) is 18.2 Å². The Balaban J connectivity index is 2.31. The number of hydrogen-bond acceptors (Lipinski definition) is 3. The van der Waals surface area contributed by atoms with Gasteiger partial charge in [-0.25, -0.2) is 0 Å². The second kappa shape index (κ2) is 6.30. The summed E-state index contributed by atoms with van der Waals surface area (Å²) in [6.45, 7) is 3.72. The number of ether oxygens (including phenoxy) is 1. The Bertz CT molecular complexity index is 300. The Kier molecular flexibility index (Phi) is 4.98. The maximum Gasteiger partial charge on any atom is 0.0507 e. The van der Waals surface area contributed by atoms with Gasteiger partial charge in [-0.1, -0.05) is 19.4 Å². The Morgan fingerprint density at radius 3 is 2.67 bits per heavy atom. The summed E-state index contributed by atoms with van der Waals surface area (Å²) in [5.41, 5.74) is 14.0. The molecule has 0 spiro atoms. The van der Waals surface area contributed by atoms with Crippen molar-refractivity contribution < 1.29 is 4.74 Å².